The molecule has 0 aromatic carbocycles. The zero-order valence-corrected chi connectivity index (χ0v) is 8.78. The van der Waals surface area contributed by atoms with Crippen molar-refractivity contribution in [1.29, 1.82) is 0 Å². The molecule has 6 nitrogen and oxygen atoms in total. The molecule has 1 aromatic heterocycles. The molecule has 1 aromatic rings. The van der Waals surface area contributed by atoms with E-state index in [1.807, 2.05) is 0 Å². The van der Waals surface area contributed by atoms with Crippen LogP contribution >= 0.6 is 0 Å². The van der Waals surface area contributed by atoms with Crippen LogP contribution in [0.5, 0.6) is 0 Å². The van der Waals surface area contributed by atoms with Crippen LogP contribution in [0.1, 0.15) is 18.2 Å². The zero-order valence-electron chi connectivity index (χ0n) is 8.78. The number of halogens is 3. The maximum Gasteiger partial charge on any atom is 0.410 e. The quantitative estimate of drug-likeness (QED) is 0.611. The molecule has 0 radical (unpaired) electrons. The highest BCUT2D eigenvalue weighted by Gasteiger charge is 2.46. The number of nitro groups is 1. The Hall–Kier alpha value is -1.80. The average molecular weight is 250 g/mol. The fourth-order valence-corrected chi connectivity index (χ4v) is 1.90. The summed E-state index contributed by atoms with van der Waals surface area (Å²) >= 11 is 0. The minimum Gasteiger partial charge on any atom is -0.364 e. The van der Waals surface area contributed by atoms with Crippen molar-refractivity contribution in [3.8, 4) is 0 Å². The molecule has 1 atom stereocenters. The Kier molecular flexibility index (Phi) is 2.48. The number of nitrogens with zero attached hydrogens (tertiary/aromatic N) is 3. The van der Waals surface area contributed by atoms with E-state index in [-0.39, 0.29) is 30.2 Å². The number of rotatable bonds is 1. The molecule has 0 saturated carbocycles. The summed E-state index contributed by atoms with van der Waals surface area (Å²) in [5.41, 5.74) is -0.410. The van der Waals surface area contributed by atoms with Gasteiger partial charge in [0.1, 0.15) is 5.69 Å². The minimum atomic E-state index is -4.46. The number of hydrogen-bond donors (Lipinski definition) is 1. The van der Waals surface area contributed by atoms with Crippen molar-refractivity contribution < 1.29 is 18.1 Å². The first-order valence-electron chi connectivity index (χ1n) is 4.86. The van der Waals surface area contributed by atoms with Crippen molar-refractivity contribution in [2.24, 2.45) is 0 Å². The largest absolute Gasteiger partial charge is 0.410 e. The Morgan fingerprint density at radius 1 is 1.59 bits per heavy atom. The summed E-state index contributed by atoms with van der Waals surface area (Å²) in [6, 6.07) is -1.80. The van der Waals surface area contributed by atoms with Gasteiger partial charge in [0.05, 0.1) is 4.92 Å². The molecule has 17 heavy (non-hydrogen) atoms. The molecule has 0 aliphatic carbocycles. The lowest BCUT2D eigenvalue weighted by Crippen LogP contribution is -2.34. The Morgan fingerprint density at radius 2 is 2.24 bits per heavy atom. The first kappa shape index (κ1) is 11.7. The topological polar surface area (TPSA) is 73.0 Å². The van der Waals surface area contributed by atoms with Crippen LogP contribution in [0.15, 0.2) is 0 Å². The minimum absolute atomic E-state index is 0.0198. The van der Waals surface area contributed by atoms with Gasteiger partial charge in [-0.2, -0.15) is 18.3 Å². The van der Waals surface area contributed by atoms with Gasteiger partial charge in [0.25, 0.3) is 0 Å². The van der Waals surface area contributed by atoms with E-state index in [1.54, 1.807) is 0 Å². The standard InChI is InChI=1S/C8H9F3N4O2/c1-4-6(15(16)17)7-12-3-2-5(8(9,10)11)14(7)13-4/h5,12H,2-3H2,1H3. The van der Waals surface area contributed by atoms with E-state index < -0.39 is 17.1 Å². The summed E-state index contributed by atoms with van der Waals surface area (Å²) in [4.78, 5) is 10.0. The molecule has 1 aliphatic heterocycles. The third-order valence-corrected chi connectivity index (χ3v) is 2.62. The van der Waals surface area contributed by atoms with Crippen LogP contribution in [-0.4, -0.2) is 27.4 Å². The number of nitrogens with one attached hydrogen (secondary N) is 1. The maximum absolute atomic E-state index is 12.7. The van der Waals surface area contributed by atoms with Crippen molar-refractivity contribution in [2.75, 3.05) is 11.9 Å². The monoisotopic (exact) mass is 250 g/mol. The van der Waals surface area contributed by atoms with Gasteiger partial charge in [-0.25, -0.2) is 4.68 Å². The van der Waals surface area contributed by atoms with E-state index in [2.05, 4.69) is 10.4 Å². The van der Waals surface area contributed by atoms with Gasteiger partial charge in [0.15, 0.2) is 6.04 Å². The lowest BCUT2D eigenvalue weighted by Gasteiger charge is -2.26. The van der Waals surface area contributed by atoms with Crippen molar-refractivity contribution in [2.45, 2.75) is 25.6 Å². The smallest absolute Gasteiger partial charge is 0.364 e. The molecular formula is C8H9F3N4O2. The first-order chi connectivity index (χ1) is 7.82. The molecule has 0 spiro atoms. The van der Waals surface area contributed by atoms with E-state index in [4.69, 9.17) is 0 Å². The van der Waals surface area contributed by atoms with E-state index in [9.17, 15) is 23.3 Å². The predicted octanol–water partition coefficient (Wildman–Crippen LogP) is 2.02. The Labute approximate surface area is 93.6 Å². The predicted molar refractivity (Wildman–Crippen MR) is 51.8 cm³/mol. The molecule has 2 rings (SSSR count). The summed E-state index contributed by atoms with van der Waals surface area (Å²) in [6.07, 6.45) is -4.64. The lowest BCUT2D eigenvalue weighted by molar-refractivity contribution is -0.384. The SMILES string of the molecule is Cc1nn2c(c1[N+](=O)[O-])NCCC2C(F)(F)F. The van der Waals surface area contributed by atoms with E-state index >= 15 is 0 Å². The van der Waals surface area contributed by atoms with Gasteiger partial charge in [-0.3, -0.25) is 10.1 Å². The number of alkyl halides is 3. The molecule has 0 amide bonds. The highest BCUT2D eigenvalue weighted by Crippen LogP contribution is 2.41. The van der Waals surface area contributed by atoms with E-state index in [0.29, 0.717) is 4.68 Å². The Morgan fingerprint density at radius 3 is 2.76 bits per heavy atom. The summed E-state index contributed by atoms with van der Waals surface area (Å²) < 4.78 is 38.8. The first-order valence-corrected chi connectivity index (χ1v) is 4.86. The van der Waals surface area contributed by atoms with Gasteiger partial charge in [-0.15, -0.1) is 0 Å². The van der Waals surface area contributed by atoms with Gasteiger partial charge >= 0.3 is 11.9 Å². The Balaban J connectivity index is 2.54. The summed E-state index contributed by atoms with van der Waals surface area (Å²) in [6.45, 7) is 1.36. The highest BCUT2D eigenvalue weighted by atomic mass is 19.4. The van der Waals surface area contributed by atoms with E-state index in [1.165, 1.54) is 6.92 Å². The van der Waals surface area contributed by atoms with Gasteiger partial charge in [0.2, 0.25) is 5.82 Å². The lowest BCUT2D eigenvalue weighted by atomic mass is 10.1. The molecule has 2 heterocycles. The highest BCUT2D eigenvalue weighted by molar-refractivity contribution is 5.60. The second kappa shape index (κ2) is 3.60. The van der Waals surface area contributed by atoms with Gasteiger partial charge in [-0.1, -0.05) is 0 Å². The number of hydrogen-bond acceptors (Lipinski definition) is 4. The second-order valence-corrected chi connectivity index (χ2v) is 3.76. The maximum atomic E-state index is 12.7. The molecule has 1 aliphatic rings. The van der Waals surface area contributed by atoms with Crippen molar-refractivity contribution in [3.05, 3.63) is 15.8 Å². The normalized spacial score (nSPS) is 19.6. The summed E-state index contributed by atoms with van der Waals surface area (Å²) in [5.74, 6) is -0.166. The van der Waals surface area contributed by atoms with Gasteiger partial charge in [0, 0.05) is 6.54 Å². The number of aryl methyl sites for hydroxylation is 1. The summed E-state index contributed by atoms with van der Waals surface area (Å²) in [5, 5.41) is 16.9. The van der Waals surface area contributed by atoms with Gasteiger partial charge < -0.3 is 5.32 Å². The van der Waals surface area contributed by atoms with Crippen molar-refractivity contribution in [1.82, 2.24) is 9.78 Å². The zero-order chi connectivity index (χ0) is 12.8. The molecule has 0 bridgehead atoms. The molecule has 1 unspecified atom stereocenters. The van der Waals surface area contributed by atoms with E-state index in [0.717, 1.165) is 0 Å². The number of anilines is 1. The third kappa shape index (κ3) is 1.81. The molecule has 94 valence electrons. The Bertz CT molecular complexity index is 468. The molecular weight excluding hydrogens is 241 g/mol. The van der Waals surface area contributed by atoms with Crippen molar-refractivity contribution in [3.63, 3.8) is 0 Å². The molecule has 9 heteroatoms. The fraction of sp³-hybridized carbons (Fsp3) is 0.625. The van der Waals surface area contributed by atoms with Crippen LogP contribution in [0.2, 0.25) is 0 Å². The van der Waals surface area contributed by atoms with Crippen LogP contribution in [0.25, 0.3) is 0 Å². The number of fused-ring (bicyclic) bond motifs is 1. The molecule has 0 fully saturated rings. The molecule has 0 saturated heterocycles. The van der Waals surface area contributed by atoms with Crippen LogP contribution in [0.4, 0.5) is 24.7 Å². The van der Waals surface area contributed by atoms with Crippen molar-refractivity contribution >= 4 is 11.5 Å². The average Bonchev–Trinajstić information content (AvgIpc) is 2.51. The molecule has 1 N–H and O–H groups in total. The van der Waals surface area contributed by atoms with Crippen LogP contribution in [0, 0.1) is 17.0 Å². The second-order valence-electron chi connectivity index (χ2n) is 3.76. The number of aromatic nitrogens is 2. The van der Waals surface area contributed by atoms with Crippen LogP contribution in [-0.2, 0) is 0 Å². The fourth-order valence-electron chi connectivity index (χ4n) is 1.90. The summed E-state index contributed by atoms with van der Waals surface area (Å²) in [7, 11) is 0. The third-order valence-electron chi connectivity index (χ3n) is 2.62. The van der Waals surface area contributed by atoms with Crippen LogP contribution < -0.4 is 5.32 Å². The van der Waals surface area contributed by atoms with Crippen LogP contribution in [0.3, 0.4) is 0 Å². The van der Waals surface area contributed by atoms with Gasteiger partial charge in [-0.05, 0) is 13.3 Å².